The Morgan fingerprint density at radius 2 is 1.94 bits per heavy atom. The zero-order valence-corrected chi connectivity index (χ0v) is 10.2. The monoisotopic (exact) mass is 248 g/mol. The van der Waals surface area contributed by atoms with Crippen molar-refractivity contribution < 1.29 is 9.47 Å². The number of methoxy groups -OCH3 is 1. The Kier molecular flexibility index (Phi) is 4.14. The van der Waals surface area contributed by atoms with Gasteiger partial charge in [0.25, 0.3) is 0 Å². The van der Waals surface area contributed by atoms with Gasteiger partial charge in [-0.2, -0.15) is 0 Å². The van der Waals surface area contributed by atoms with Gasteiger partial charge in [-0.05, 0) is 24.3 Å². The molecule has 0 fully saturated rings. The lowest BCUT2D eigenvalue weighted by molar-refractivity contribution is 0.300. The molecule has 1 aromatic heterocycles. The molecule has 6 heteroatoms. The fourth-order valence-electron chi connectivity index (χ4n) is 1.48. The molecule has 0 saturated carbocycles. The lowest BCUT2D eigenvalue weighted by atomic mass is 10.3. The van der Waals surface area contributed by atoms with E-state index in [1.54, 1.807) is 11.8 Å². The molecule has 0 amide bonds. The summed E-state index contributed by atoms with van der Waals surface area (Å²) in [5, 5.41) is 7.92. The van der Waals surface area contributed by atoms with E-state index in [4.69, 9.17) is 15.2 Å². The van der Waals surface area contributed by atoms with Crippen molar-refractivity contribution in [1.29, 1.82) is 0 Å². The molecule has 96 valence electrons. The minimum absolute atomic E-state index is 0.386. The molecule has 0 aliphatic carbocycles. The molecule has 1 aromatic carbocycles. The molecule has 0 atom stereocenters. The van der Waals surface area contributed by atoms with Gasteiger partial charge in [-0.3, -0.25) is 4.68 Å². The zero-order chi connectivity index (χ0) is 12.8. The van der Waals surface area contributed by atoms with Gasteiger partial charge in [0.1, 0.15) is 23.8 Å². The number of hydrogen-bond donors (Lipinski definition) is 1. The van der Waals surface area contributed by atoms with Gasteiger partial charge in [0.2, 0.25) is 0 Å². The normalized spacial score (nSPS) is 10.3. The van der Waals surface area contributed by atoms with E-state index in [-0.39, 0.29) is 0 Å². The van der Waals surface area contributed by atoms with E-state index in [0.29, 0.717) is 19.7 Å². The van der Waals surface area contributed by atoms with Gasteiger partial charge in [0.15, 0.2) is 0 Å². The molecule has 2 aromatic rings. The minimum atomic E-state index is 0.386. The van der Waals surface area contributed by atoms with E-state index >= 15 is 0 Å². The van der Waals surface area contributed by atoms with Crippen molar-refractivity contribution in [2.24, 2.45) is 5.73 Å². The number of ether oxygens (including phenoxy) is 2. The molecule has 18 heavy (non-hydrogen) atoms. The predicted octanol–water partition coefficient (Wildman–Crippen LogP) is 0.824. The highest BCUT2D eigenvalue weighted by atomic mass is 16.5. The highest BCUT2D eigenvalue weighted by molar-refractivity contribution is 5.31. The van der Waals surface area contributed by atoms with Gasteiger partial charge in [0.05, 0.1) is 19.9 Å². The Labute approximate surface area is 105 Å². The van der Waals surface area contributed by atoms with Crippen LogP contribution in [0.15, 0.2) is 30.5 Å². The summed E-state index contributed by atoms with van der Waals surface area (Å²) in [6.07, 6.45) is 1.83. The minimum Gasteiger partial charge on any atom is -0.497 e. The molecular weight excluding hydrogens is 232 g/mol. The summed E-state index contributed by atoms with van der Waals surface area (Å²) in [5.74, 6) is 1.57. The maximum Gasteiger partial charge on any atom is 0.134 e. The first-order valence-electron chi connectivity index (χ1n) is 5.68. The maximum absolute atomic E-state index is 5.58. The average molecular weight is 248 g/mol. The van der Waals surface area contributed by atoms with Gasteiger partial charge in [0, 0.05) is 6.54 Å². The number of nitrogens with two attached hydrogens (primary N) is 1. The SMILES string of the molecule is COc1ccc(OCc2cn(CCN)nn2)cc1. The third-order valence-electron chi connectivity index (χ3n) is 2.39. The van der Waals surface area contributed by atoms with Gasteiger partial charge in [-0.25, -0.2) is 0 Å². The smallest absolute Gasteiger partial charge is 0.134 e. The van der Waals surface area contributed by atoms with Gasteiger partial charge in [-0.1, -0.05) is 5.21 Å². The quantitative estimate of drug-likeness (QED) is 0.819. The second-order valence-electron chi connectivity index (χ2n) is 3.73. The van der Waals surface area contributed by atoms with Crippen LogP contribution >= 0.6 is 0 Å². The Balaban J connectivity index is 1.89. The van der Waals surface area contributed by atoms with E-state index in [1.807, 2.05) is 30.5 Å². The molecule has 0 aliphatic heterocycles. The summed E-state index contributed by atoms with van der Waals surface area (Å²) < 4.78 is 12.4. The molecular formula is C12H16N4O2. The fraction of sp³-hybridized carbons (Fsp3) is 0.333. The van der Waals surface area contributed by atoms with Crippen molar-refractivity contribution in [3.05, 3.63) is 36.2 Å². The Bertz CT molecular complexity index is 481. The second-order valence-corrected chi connectivity index (χ2v) is 3.73. The van der Waals surface area contributed by atoms with Crippen molar-refractivity contribution in [1.82, 2.24) is 15.0 Å². The Morgan fingerprint density at radius 3 is 2.61 bits per heavy atom. The van der Waals surface area contributed by atoms with Crippen molar-refractivity contribution in [3.63, 3.8) is 0 Å². The van der Waals surface area contributed by atoms with Crippen LogP contribution < -0.4 is 15.2 Å². The molecule has 6 nitrogen and oxygen atoms in total. The van der Waals surface area contributed by atoms with Crippen LogP contribution in [0.3, 0.4) is 0 Å². The highest BCUT2D eigenvalue weighted by Gasteiger charge is 2.01. The number of aromatic nitrogens is 3. The molecule has 1 heterocycles. The molecule has 2 N–H and O–H groups in total. The first kappa shape index (κ1) is 12.4. The molecule has 0 bridgehead atoms. The van der Waals surface area contributed by atoms with Crippen LogP contribution in [0.25, 0.3) is 0 Å². The number of hydrogen-bond acceptors (Lipinski definition) is 5. The summed E-state index contributed by atoms with van der Waals surface area (Å²) in [4.78, 5) is 0. The standard InChI is InChI=1S/C12H16N4O2/c1-17-11-2-4-12(5-3-11)18-9-10-8-16(7-6-13)15-14-10/h2-5,8H,6-7,9,13H2,1H3. The van der Waals surface area contributed by atoms with E-state index in [0.717, 1.165) is 17.2 Å². The summed E-state index contributed by atoms with van der Waals surface area (Å²) in [6.45, 7) is 1.59. The first-order chi connectivity index (χ1) is 8.81. The molecule has 0 radical (unpaired) electrons. The van der Waals surface area contributed by atoms with Crippen LogP contribution in [0.4, 0.5) is 0 Å². The lowest BCUT2D eigenvalue weighted by Gasteiger charge is -2.04. The molecule has 2 rings (SSSR count). The van der Waals surface area contributed by atoms with Crippen LogP contribution in [0, 0.1) is 0 Å². The lowest BCUT2D eigenvalue weighted by Crippen LogP contribution is -2.10. The van der Waals surface area contributed by atoms with E-state index in [9.17, 15) is 0 Å². The Morgan fingerprint density at radius 1 is 1.22 bits per heavy atom. The van der Waals surface area contributed by atoms with Crippen molar-refractivity contribution >= 4 is 0 Å². The third-order valence-corrected chi connectivity index (χ3v) is 2.39. The van der Waals surface area contributed by atoms with E-state index in [2.05, 4.69) is 10.3 Å². The second kappa shape index (κ2) is 6.02. The summed E-state index contributed by atoms with van der Waals surface area (Å²) >= 11 is 0. The summed E-state index contributed by atoms with van der Waals surface area (Å²) in [6, 6.07) is 7.40. The summed E-state index contributed by atoms with van der Waals surface area (Å²) in [5.41, 5.74) is 6.21. The molecule has 0 aliphatic rings. The average Bonchev–Trinajstić information content (AvgIpc) is 2.85. The molecule has 0 spiro atoms. The topological polar surface area (TPSA) is 75.2 Å². The number of rotatable bonds is 6. The fourth-order valence-corrected chi connectivity index (χ4v) is 1.48. The summed E-state index contributed by atoms with van der Waals surface area (Å²) in [7, 11) is 1.63. The van der Waals surface area contributed by atoms with Crippen LogP contribution in [-0.4, -0.2) is 28.6 Å². The largest absolute Gasteiger partial charge is 0.497 e. The third kappa shape index (κ3) is 3.21. The molecule has 0 unspecified atom stereocenters. The van der Waals surface area contributed by atoms with Crippen LogP contribution in [0.2, 0.25) is 0 Å². The number of benzene rings is 1. The van der Waals surface area contributed by atoms with Gasteiger partial charge < -0.3 is 15.2 Å². The van der Waals surface area contributed by atoms with Gasteiger partial charge in [-0.15, -0.1) is 5.10 Å². The van der Waals surface area contributed by atoms with Crippen LogP contribution in [-0.2, 0) is 13.2 Å². The van der Waals surface area contributed by atoms with Gasteiger partial charge >= 0.3 is 0 Å². The highest BCUT2D eigenvalue weighted by Crippen LogP contribution is 2.17. The van der Waals surface area contributed by atoms with Crippen molar-refractivity contribution in [2.75, 3.05) is 13.7 Å². The van der Waals surface area contributed by atoms with Crippen molar-refractivity contribution in [2.45, 2.75) is 13.2 Å². The van der Waals surface area contributed by atoms with Crippen molar-refractivity contribution in [3.8, 4) is 11.5 Å². The van der Waals surface area contributed by atoms with Crippen LogP contribution in [0.1, 0.15) is 5.69 Å². The zero-order valence-electron chi connectivity index (χ0n) is 10.2. The molecule has 0 saturated heterocycles. The van der Waals surface area contributed by atoms with E-state index < -0.39 is 0 Å². The van der Waals surface area contributed by atoms with Crippen LogP contribution in [0.5, 0.6) is 11.5 Å². The predicted molar refractivity (Wildman–Crippen MR) is 66.4 cm³/mol. The van der Waals surface area contributed by atoms with E-state index in [1.165, 1.54) is 0 Å². The Hall–Kier alpha value is -2.08. The maximum atomic E-state index is 5.58. The first-order valence-corrected chi connectivity index (χ1v) is 5.68. The number of nitrogens with zero attached hydrogens (tertiary/aromatic N) is 3.